The van der Waals surface area contributed by atoms with E-state index in [0.717, 1.165) is 0 Å². The Hall–Kier alpha value is -1.89. The van der Waals surface area contributed by atoms with Gasteiger partial charge in [-0.15, -0.1) is 0 Å². The van der Waals surface area contributed by atoms with Crippen molar-refractivity contribution in [3.8, 4) is 0 Å². The number of thiophene rings is 1. The van der Waals surface area contributed by atoms with E-state index in [1.807, 2.05) is 5.38 Å². The first-order chi connectivity index (χ1) is 9.66. The smallest absolute Gasteiger partial charge is 0.252 e. The maximum Gasteiger partial charge on any atom is 0.252 e. The van der Waals surface area contributed by atoms with Crippen molar-refractivity contribution >= 4 is 29.1 Å². The number of carbonyl (C=O) groups excluding carboxylic acids is 3. The predicted molar refractivity (Wildman–Crippen MR) is 75.5 cm³/mol. The number of rotatable bonds is 4. The normalized spacial score (nSPS) is 15.4. The average molecular weight is 295 g/mol. The Morgan fingerprint density at radius 3 is 3.00 bits per heavy atom. The van der Waals surface area contributed by atoms with E-state index in [2.05, 4.69) is 10.6 Å². The number of nitrogens with zero attached hydrogens (tertiary/aromatic N) is 1. The summed E-state index contributed by atoms with van der Waals surface area (Å²) in [7, 11) is 0. The van der Waals surface area contributed by atoms with Crippen LogP contribution in [-0.2, 0) is 9.59 Å². The van der Waals surface area contributed by atoms with Gasteiger partial charge in [0.1, 0.15) is 0 Å². The van der Waals surface area contributed by atoms with Crippen LogP contribution in [0.1, 0.15) is 23.2 Å². The Morgan fingerprint density at radius 2 is 2.25 bits per heavy atom. The molecule has 0 radical (unpaired) electrons. The summed E-state index contributed by atoms with van der Waals surface area (Å²) in [5.74, 6) is -0.218. The van der Waals surface area contributed by atoms with E-state index in [9.17, 15) is 14.4 Å². The molecule has 1 aliphatic rings. The summed E-state index contributed by atoms with van der Waals surface area (Å²) in [6, 6.07) is 1.74. The first-order valence-electron chi connectivity index (χ1n) is 6.51. The van der Waals surface area contributed by atoms with Crippen LogP contribution in [0.5, 0.6) is 0 Å². The molecule has 2 heterocycles. The molecule has 20 heavy (non-hydrogen) atoms. The molecule has 0 saturated carbocycles. The summed E-state index contributed by atoms with van der Waals surface area (Å²) >= 11 is 1.46. The third kappa shape index (κ3) is 4.06. The van der Waals surface area contributed by atoms with Gasteiger partial charge >= 0.3 is 0 Å². The monoisotopic (exact) mass is 295 g/mol. The van der Waals surface area contributed by atoms with Gasteiger partial charge in [-0.3, -0.25) is 14.4 Å². The highest BCUT2D eigenvalue weighted by molar-refractivity contribution is 7.08. The quantitative estimate of drug-likeness (QED) is 0.834. The van der Waals surface area contributed by atoms with Crippen LogP contribution in [-0.4, -0.2) is 48.8 Å². The Kier molecular flexibility index (Phi) is 5.11. The number of hydrogen-bond acceptors (Lipinski definition) is 4. The molecule has 0 aromatic carbocycles. The third-order valence-electron chi connectivity index (χ3n) is 3.07. The fraction of sp³-hybridized carbons (Fsp3) is 0.462. The second-order valence-electron chi connectivity index (χ2n) is 4.50. The Labute approximate surface area is 121 Å². The van der Waals surface area contributed by atoms with Crippen molar-refractivity contribution in [3.63, 3.8) is 0 Å². The molecular formula is C13H17N3O3S. The van der Waals surface area contributed by atoms with Crippen molar-refractivity contribution in [2.75, 3.05) is 26.2 Å². The van der Waals surface area contributed by atoms with Crippen molar-refractivity contribution in [2.24, 2.45) is 0 Å². The molecule has 0 unspecified atom stereocenters. The molecule has 1 aromatic rings. The summed E-state index contributed by atoms with van der Waals surface area (Å²) in [5, 5.41) is 9.04. The lowest BCUT2D eigenvalue weighted by Crippen LogP contribution is -2.36. The topological polar surface area (TPSA) is 78.5 Å². The van der Waals surface area contributed by atoms with Crippen LogP contribution in [0, 0.1) is 0 Å². The maximum absolute atomic E-state index is 12.0. The maximum atomic E-state index is 12.0. The lowest BCUT2D eigenvalue weighted by Gasteiger charge is -2.19. The molecule has 2 rings (SSSR count). The zero-order chi connectivity index (χ0) is 14.4. The summed E-state index contributed by atoms with van der Waals surface area (Å²) in [4.78, 5) is 36.5. The molecule has 1 saturated heterocycles. The van der Waals surface area contributed by atoms with E-state index < -0.39 is 0 Å². The van der Waals surface area contributed by atoms with Gasteiger partial charge in [0.15, 0.2) is 0 Å². The van der Waals surface area contributed by atoms with Gasteiger partial charge in [0.2, 0.25) is 11.8 Å². The lowest BCUT2D eigenvalue weighted by atomic mass is 10.3. The number of carbonyl (C=O) groups is 3. The summed E-state index contributed by atoms with van der Waals surface area (Å²) in [5.41, 5.74) is 0.618. The van der Waals surface area contributed by atoms with Crippen molar-refractivity contribution in [3.05, 3.63) is 22.4 Å². The number of amides is 3. The number of hydrogen-bond donors (Lipinski definition) is 2. The van der Waals surface area contributed by atoms with Crippen LogP contribution < -0.4 is 10.6 Å². The summed E-state index contributed by atoms with van der Waals surface area (Å²) in [6.45, 7) is 1.78. The average Bonchev–Trinajstić information content (AvgIpc) is 2.88. The van der Waals surface area contributed by atoms with Gasteiger partial charge in [0.05, 0.1) is 0 Å². The molecule has 0 atom stereocenters. The molecule has 1 aromatic heterocycles. The van der Waals surface area contributed by atoms with E-state index in [1.54, 1.807) is 16.3 Å². The Bertz CT molecular complexity index is 487. The minimum Gasteiger partial charge on any atom is -0.354 e. The van der Waals surface area contributed by atoms with Gasteiger partial charge in [-0.05, 0) is 11.4 Å². The fourth-order valence-electron chi connectivity index (χ4n) is 1.95. The van der Waals surface area contributed by atoms with E-state index in [1.165, 1.54) is 11.3 Å². The minimum atomic E-state index is -0.160. The standard InChI is InChI=1S/C13H17N3O3S/c17-11-2-6-16(7-5-14-11)12(18)1-4-15-13(19)10-3-8-20-9-10/h3,8-9H,1-2,4-7H2,(H,14,17)(H,15,19). The molecule has 6 nitrogen and oxygen atoms in total. The second-order valence-corrected chi connectivity index (χ2v) is 5.28. The van der Waals surface area contributed by atoms with E-state index >= 15 is 0 Å². The van der Waals surface area contributed by atoms with Crippen LogP contribution in [0.15, 0.2) is 16.8 Å². The first kappa shape index (κ1) is 14.5. The van der Waals surface area contributed by atoms with Crippen molar-refractivity contribution in [1.29, 1.82) is 0 Å². The highest BCUT2D eigenvalue weighted by Gasteiger charge is 2.18. The molecule has 2 N–H and O–H groups in total. The van der Waals surface area contributed by atoms with Gasteiger partial charge in [-0.2, -0.15) is 11.3 Å². The highest BCUT2D eigenvalue weighted by Crippen LogP contribution is 2.05. The van der Waals surface area contributed by atoms with Gasteiger partial charge < -0.3 is 15.5 Å². The second kappa shape index (κ2) is 7.04. The zero-order valence-electron chi connectivity index (χ0n) is 11.1. The molecule has 0 spiro atoms. The van der Waals surface area contributed by atoms with Crippen LogP contribution in [0.2, 0.25) is 0 Å². The van der Waals surface area contributed by atoms with Gasteiger partial charge in [-0.25, -0.2) is 0 Å². The van der Waals surface area contributed by atoms with Crippen LogP contribution >= 0.6 is 11.3 Å². The first-order valence-corrected chi connectivity index (χ1v) is 7.46. The van der Waals surface area contributed by atoms with E-state index in [-0.39, 0.29) is 24.1 Å². The summed E-state index contributed by atoms with van der Waals surface area (Å²) in [6.07, 6.45) is 0.594. The number of nitrogens with one attached hydrogen (secondary N) is 2. The van der Waals surface area contributed by atoms with Crippen LogP contribution in [0.25, 0.3) is 0 Å². The molecular weight excluding hydrogens is 278 g/mol. The molecule has 1 fully saturated rings. The molecule has 0 aliphatic carbocycles. The van der Waals surface area contributed by atoms with Gasteiger partial charge in [-0.1, -0.05) is 0 Å². The predicted octanol–water partition coefficient (Wildman–Crippen LogP) is 0.216. The molecule has 108 valence electrons. The third-order valence-corrected chi connectivity index (χ3v) is 3.76. The molecule has 0 bridgehead atoms. The van der Waals surface area contributed by atoms with E-state index in [0.29, 0.717) is 38.2 Å². The largest absolute Gasteiger partial charge is 0.354 e. The van der Waals surface area contributed by atoms with Crippen molar-refractivity contribution < 1.29 is 14.4 Å². The summed E-state index contributed by atoms with van der Waals surface area (Å²) < 4.78 is 0. The van der Waals surface area contributed by atoms with Gasteiger partial charge in [0, 0.05) is 50.0 Å². The molecule has 3 amide bonds. The fourth-order valence-corrected chi connectivity index (χ4v) is 2.59. The van der Waals surface area contributed by atoms with Crippen LogP contribution in [0.4, 0.5) is 0 Å². The van der Waals surface area contributed by atoms with Gasteiger partial charge in [0.25, 0.3) is 5.91 Å². The molecule has 7 heteroatoms. The molecule has 1 aliphatic heterocycles. The van der Waals surface area contributed by atoms with Crippen molar-refractivity contribution in [2.45, 2.75) is 12.8 Å². The lowest BCUT2D eigenvalue weighted by molar-refractivity contribution is -0.130. The Balaban J connectivity index is 1.72. The van der Waals surface area contributed by atoms with E-state index in [4.69, 9.17) is 0 Å². The van der Waals surface area contributed by atoms with Crippen molar-refractivity contribution in [1.82, 2.24) is 15.5 Å². The van der Waals surface area contributed by atoms with Crippen LogP contribution in [0.3, 0.4) is 0 Å². The Morgan fingerprint density at radius 1 is 1.40 bits per heavy atom. The highest BCUT2D eigenvalue weighted by atomic mass is 32.1. The zero-order valence-corrected chi connectivity index (χ0v) is 11.9. The SMILES string of the molecule is O=C1CCN(C(=O)CCNC(=O)c2ccsc2)CCN1. The minimum absolute atomic E-state index is 0.0222.